The van der Waals surface area contributed by atoms with Crippen LogP contribution in [0.5, 0.6) is 0 Å². The molecule has 0 radical (unpaired) electrons. The summed E-state index contributed by atoms with van der Waals surface area (Å²) in [6.45, 7) is 8.36. The van der Waals surface area contributed by atoms with Gasteiger partial charge in [0.05, 0.1) is 12.2 Å². The van der Waals surface area contributed by atoms with E-state index in [-0.39, 0.29) is 6.09 Å². The molecule has 0 aliphatic carbocycles. The fourth-order valence-electron chi connectivity index (χ4n) is 1.97. The van der Waals surface area contributed by atoms with Crippen molar-refractivity contribution in [2.75, 3.05) is 6.54 Å². The fraction of sp³-hybridized carbons (Fsp3) is 0.615. The van der Waals surface area contributed by atoms with Gasteiger partial charge in [0.25, 0.3) is 0 Å². The zero-order valence-electron chi connectivity index (χ0n) is 11.7. The molecule has 5 nitrogen and oxygen atoms in total. The third kappa shape index (κ3) is 3.35. The van der Waals surface area contributed by atoms with E-state index in [4.69, 9.17) is 16.3 Å². The number of aromatic nitrogens is 2. The summed E-state index contributed by atoms with van der Waals surface area (Å²) in [7, 11) is 0. The van der Waals surface area contributed by atoms with E-state index in [1.54, 1.807) is 4.90 Å². The number of halogens is 1. The third-order valence-corrected chi connectivity index (χ3v) is 3.09. The van der Waals surface area contributed by atoms with E-state index in [1.165, 1.54) is 0 Å². The number of carbonyl (C=O) groups is 1. The van der Waals surface area contributed by atoms with E-state index in [1.807, 2.05) is 27.7 Å². The monoisotopic (exact) mass is 283 g/mol. The Bertz CT molecular complexity index is 511. The predicted molar refractivity (Wildman–Crippen MR) is 72.1 cm³/mol. The van der Waals surface area contributed by atoms with Crippen LogP contribution in [0.3, 0.4) is 0 Å². The molecule has 2 rings (SSSR count). The smallest absolute Gasteiger partial charge is 0.410 e. The fourth-order valence-corrected chi connectivity index (χ4v) is 2.26. The number of amides is 1. The van der Waals surface area contributed by atoms with Crippen molar-refractivity contribution < 1.29 is 9.53 Å². The average molecular weight is 284 g/mol. The van der Waals surface area contributed by atoms with Crippen LogP contribution in [0.25, 0.3) is 0 Å². The number of hydrogen-bond donors (Lipinski definition) is 0. The van der Waals surface area contributed by atoms with Gasteiger partial charge in [0, 0.05) is 18.5 Å². The molecule has 104 valence electrons. The van der Waals surface area contributed by atoms with Gasteiger partial charge in [-0.25, -0.2) is 14.8 Å². The van der Waals surface area contributed by atoms with Crippen molar-refractivity contribution in [1.82, 2.24) is 14.9 Å². The van der Waals surface area contributed by atoms with Gasteiger partial charge in [-0.3, -0.25) is 0 Å². The zero-order valence-corrected chi connectivity index (χ0v) is 12.4. The second kappa shape index (κ2) is 4.96. The minimum absolute atomic E-state index is 0.324. The van der Waals surface area contributed by atoms with Gasteiger partial charge in [0.1, 0.15) is 16.6 Å². The molecule has 0 spiro atoms. The topological polar surface area (TPSA) is 55.3 Å². The molecule has 0 fully saturated rings. The standard InChI is InChI=1S/C13H18ClN3O2/c1-8-15-10-5-6-17(7-9(10)11(14)16-8)12(18)19-13(2,3)4/h5-7H2,1-4H3. The van der Waals surface area contributed by atoms with Crippen LogP contribution in [-0.2, 0) is 17.7 Å². The number of rotatable bonds is 0. The number of nitrogens with zero attached hydrogens (tertiary/aromatic N) is 3. The molecule has 1 aliphatic rings. The minimum Gasteiger partial charge on any atom is -0.444 e. The van der Waals surface area contributed by atoms with Crippen LogP contribution in [0, 0.1) is 6.92 Å². The van der Waals surface area contributed by atoms with Crippen molar-refractivity contribution in [3.8, 4) is 0 Å². The highest BCUT2D eigenvalue weighted by atomic mass is 35.5. The maximum atomic E-state index is 12.0. The van der Waals surface area contributed by atoms with Crippen LogP contribution in [0.15, 0.2) is 0 Å². The Morgan fingerprint density at radius 3 is 2.68 bits per heavy atom. The molecule has 1 aromatic heterocycles. The second-order valence-electron chi connectivity index (χ2n) is 5.64. The number of ether oxygens (including phenoxy) is 1. The Morgan fingerprint density at radius 1 is 1.37 bits per heavy atom. The van der Waals surface area contributed by atoms with Crippen molar-refractivity contribution in [2.24, 2.45) is 0 Å². The molecule has 0 atom stereocenters. The molecule has 1 aliphatic heterocycles. The first kappa shape index (κ1) is 14.1. The molecular formula is C13H18ClN3O2. The summed E-state index contributed by atoms with van der Waals surface area (Å²) < 4.78 is 5.36. The molecule has 19 heavy (non-hydrogen) atoms. The first-order chi connectivity index (χ1) is 8.76. The molecular weight excluding hydrogens is 266 g/mol. The van der Waals surface area contributed by atoms with Crippen LogP contribution in [-0.4, -0.2) is 33.1 Å². The van der Waals surface area contributed by atoms with Gasteiger partial charge >= 0.3 is 6.09 Å². The predicted octanol–water partition coefficient (Wildman–Crippen LogP) is 2.73. The summed E-state index contributed by atoms with van der Waals surface area (Å²) in [5.41, 5.74) is 1.26. The van der Waals surface area contributed by atoms with Crippen LogP contribution in [0.4, 0.5) is 4.79 Å². The summed E-state index contributed by atoms with van der Waals surface area (Å²) in [6, 6.07) is 0. The minimum atomic E-state index is -0.495. The molecule has 0 unspecified atom stereocenters. The lowest BCUT2D eigenvalue weighted by Gasteiger charge is -2.31. The lowest BCUT2D eigenvalue weighted by Crippen LogP contribution is -2.40. The number of fused-ring (bicyclic) bond motifs is 1. The molecule has 6 heteroatoms. The van der Waals surface area contributed by atoms with Crippen LogP contribution < -0.4 is 0 Å². The third-order valence-electron chi connectivity index (χ3n) is 2.77. The Morgan fingerprint density at radius 2 is 2.05 bits per heavy atom. The number of carbonyl (C=O) groups excluding carboxylic acids is 1. The quantitative estimate of drug-likeness (QED) is 0.687. The summed E-state index contributed by atoms with van der Waals surface area (Å²) in [6.07, 6.45) is 0.354. The second-order valence-corrected chi connectivity index (χ2v) is 6.00. The molecule has 1 amide bonds. The van der Waals surface area contributed by atoms with Crippen molar-refractivity contribution in [3.05, 3.63) is 22.2 Å². The first-order valence-corrected chi connectivity index (χ1v) is 6.64. The lowest BCUT2D eigenvalue weighted by molar-refractivity contribution is 0.0222. The van der Waals surface area contributed by atoms with Crippen molar-refractivity contribution in [1.29, 1.82) is 0 Å². The van der Waals surface area contributed by atoms with E-state index >= 15 is 0 Å². The van der Waals surface area contributed by atoms with E-state index in [0.717, 1.165) is 11.3 Å². The molecule has 0 N–H and O–H groups in total. The summed E-state index contributed by atoms with van der Waals surface area (Å²) in [5, 5.41) is 0.427. The van der Waals surface area contributed by atoms with Gasteiger partial charge in [0.2, 0.25) is 0 Å². The molecule has 1 aromatic rings. The van der Waals surface area contributed by atoms with Gasteiger partial charge in [-0.05, 0) is 27.7 Å². The summed E-state index contributed by atoms with van der Waals surface area (Å²) in [5.74, 6) is 0.662. The molecule has 0 saturated carbocycles. The Balaban J connectivity index is 2.16. The van der Waals surface area contributed by atoms with Crippen LogP contribution in [0.1, 0.15) is 37.9 Å². The van der Waals surface area contributed by atoms with E-state index in [2.05, 4.69) is 9.97 Å². The van der Waals surface area contributed by atoms with Gasteiger partial charge in [-0.15, -0.1) is 0 Å². The Kier molecular flexibility index (Phi) is 3.67. The lowest BCUT2D eigenvalue weighted by atomic mass is 10.1. The molecule has 0 aromatic carbocycles. The van der Waals surface area contributed by atoms with Gasteiger partial charge in [-0.1, -0.05) is 11.6 Å². The normalized spacial score (nSPS) is 15.1. The average Bonchev–Trinajstić information content (AvgIpc) is 2.25. The zero-order chi connectivity index (χ0) is 14.2. The molecule has 2 heterocycles. The SMILES string of the molecule is Cc1nc(Cl)c2c(n1)CCN(C(=O)OC(C)(C)C)C2. The Hall–Kier alpha value is -1.36. The van der Waals surface area contributed by atoms with Crippen LogP contribution >= 0.6 is 11.6 Å². The Labute approximate surface area is 117 Å². The highest BCUT2D eigenvalue weighted by Crippen LogP contribution is 2.24. The van der Waals surface area contributed by atoms with Crippen LogP contribution in [0.2, 0.25) is 5.15 Å². The van der Waals surface area contributed by atoms with Crippen molar-refractivity contribution >= 4 is 17.7 Å². The largest absolute Gasteiger partial charge is 0.444 e. The number of aryl methyl sites for hydroxylation is 1. The highest BCUT2D eigenvalue weighted by molar-refractivity contribution is 6.30. The summed E-state index contributed by atoms with van der Waals surface area (Å²) in [4.78, 5) is 22.2. The first-order valence-electron chi connectivity index (χ1n) is 6.26. The van der Waals surface area contributed by atoms with E-state index in [0.29, 0.717) is 30.5 Å². The molecule has 0 saturated heterocycles. The molecule has 0 bridgehead atoms. The van der Waals surface area contributed by atoms with E-state index in [9.17, 15) is 4.79 Å². The van der Waals surface area contributed by atoms with E-state index < -0.39 is 5.60 Å². The van der Waals surface area contributed by atoms with Crippen molar-refractivity contribution in [3.63, 3.8) is 0 Å². The summed E-state index contributed by atoms with van der Waals surface area (Å²) >= 11 is 6.12. The maximum Gasteiger partial charge on any atom is 0.410 e. The van der Waals surface area contributed by atoms with Crippen molar-refractivity contribution in [2.45, 2.75) is 46.3 Å². The highest BCUT2D eigenvalue weighted by Gasteiger charge is 2.27. The number of hydrogen-bond acceptors (Lipinski definition) is 4. The van der Waals surface area contributed by atoms with Gasteiger partial charge in [0.15, 0.2) is 0 Å². The maximum absolute atomic E-state index is 12.0. The van der Waals surface area contributed by atoms with Gasteiger partial charge < -0.3 is 9.64 Å². The van der Waals surface area contributed by atoms with Gasteiger partial charge in [-0.2, -0.15) is 0 Å².